The highest BCUT2D eigenvalue weighted by Crippen LogP contribution is 2.50. The molecule has 3 heterocycles. The predicted molar refractivity (Wildman–Crippen MR) is 249 cm³/mol. The smallest absolute Gasteiger partial charge is 0.231 e. The van der Waals surface area contributed by atoms with Crippen molar-refractivity contribution in [3.05, 3.63) is 188 Å². The van der Waals surface area contributed by atoms with Gasteiger partial charge in [0.25, 0.3) is 0 Å². The standard InChI is InChI=1S/C56H31N3O/c1-3-14-34-32(12-1)24-29-47-51(34)52-35-15-4-2-13-33(35)25-30-48(52)59(47)46-31-28-44(38-18-7-8-19-39(38)46)55-57-54(53-45-20-9-10-23-49(45)60-56(53)58-55)43-27-26-42-37-17-6-5-16-36(37)40-21-11-22-41(43)50(40)42/h1-31H. The van der Waals surface area contributed by atoms with Gasteiger partial charge in [-0.25, -0.2) is 4.98 Å². The maximum absolute atomic E-state index is 6.61. The second kappa shape index (κ2) is 11.8. The monoisotopic (exact) mass is 761 g/mol. The lowest BCUT2D eigenvalue weighted by molar-refractivity contribution is 0.653. The van der Waals surface area contributed by atoms with Crippen molar-refractivity contribution in [2.75, 3.05) is 0 Å². The number of nitrogens with zero attached hydrogens (tertiary/aromatic N) is 3. The number of benzene rings is 10. The third kappa shape index (κ3) is 4.19. The van der Waals surface area contributed by atoms with Gasteiger partial charge in [0.1, 0.15) is 5.58 Å². The highest BCUT2D eigenvalue weighted by Gasteiger charge is 2.26. The molecule has 60 heavy (non-hydrogen) atoms. The number of rotatable bonds is 3. The average Bonchev–Trinajstić information content (AvgIpc) is 3.97. The molecule has 0 bridgehead atoms. The van der Waals surface area contributed by atoms with Crippen molar-refractivity contribution in [3.63, 3.8) is 0 Å². The van der Waals surface area contributed by atoms with Gasteiger partial charge in [0.05, 0.1) is 27.8 Å². The topological polar surface area (TPSA) is 43.9 Å². The van der Waals surface area contributed by atoms with Crippen LogP contribution >= 0.6 is 0 Å². The summed E-state index contributed by atoms with van der Waals surface area (Å²) in [4.78, 5) is 10.8. The Morgan fingerprint density at radius 2 is 0.883 bits per heavy atom. The van der Waals surface area contributed by atoms with Crippen molar-refractivity contribution < 1.29 is 4.42 Å². The van der Waals surface area contributed by atoms with E-state index in [0.717, 1.165) is 49.6 Å². The molecule has 0 amide bonds. The SMILES string of the molecule is c1ccc2c(c1)-c1cccc3c(-c4nc(-c5ccc(-n6c7ccc8ccccc8c7c7c8ccccc8ccc76)c6ccccc56)nc5oc6ccccc6c45)ccc-2c13. The molecule has 0 saturated carbocycles. The molecule has 10 aromatic carbocycles. The van der Waals surface area contributed by atoms with Crippen molar-refractivity contribution in [2.24, 2.45) is 0 Å². The molecule has 276 valence electrons. The highest BCUT2D eigenvalue weighted by molar-refractivity contribution is 6.29. The molecular formula is C56H31N3O. The van der Waals surface area contributed by atoms with E-state index in [-0.39, 0.29) is 0 Å². The van der Waals surface area contributed by atoms with Gasteiger partial charge in [0.2, 0.25) is 5.71 Å². The van der Waals surface area contributed by atoms with Gasteiger partial charge >= 0.3 is 0 Å². The molecule has 0 spiro atoms. The Hall–Kier alpha value is -8.08. The van der Waals surface area contributed by atoms with Gasteiger partial charge in [-0.2, -0.15) is 4.98 Å². The van der Waals surface area contributed by atoms with Gasteiger partial charge in [0.15, 0.2) is 5.82 Å². The van der Waals surface area contributed by atoms with E-state index in [0.29, 0.717) is 11.5 Å². The Balaban J connectivity index is 1.05. The number of para-hydroxylation sites is 1. The van der Waals surface area contributed by atoms with Gasteiger partial charge in [0, 0.05) is 32.7 Å². The molecule has 0 fully saturated rings. The zero-order valence-corrected chi connectivity index (χ0v) is 32.1. The lowest BCUT2D eigenvalue weighted by Gasteiger charge is -2.15. The van der Waals surface area contributed by atoms with Gasteiger partial charge in [-0.1, -0.05) is 158 Å². The van der Waals surface area contributed by atoms with E-state index in [4.69, 9.17) is 14.4 Å². The fourth-order valence-electron chi connectivity index (χ4n) is 10.4. The van der Waals surface area contributed by atoms with Gasteiger partial charge < -0.3 is 8.98 Å². The van der Waals surface area contributed by atoms with Crippen molar-refractivity contribution >= 4 is 87.0 Å². The van der Waals surface area contributed by atoms with Crippen LogP contribution in [0.15, 0.2) is 192 Å². The van der Waals surface area contributed by atoms with Crippen LogP contribution in [0.3, 0.4) is 0 Å². The van der Waals surface area contributed by atoms with Crippen LogP contribution in [0.4, 0.5) is 0 Å². The summed E-state index contributed by atoms with van der Waals surface area (Å²) >= 11 is 0. The molecular weight excluding hydrogens is 731 g/mol. The molecule has 0 saturated heterocycles. The second-order valence-electron chi connectivity index (χ2n) is 16.0. The van der Waals surface area contributed by atoms with Crippen LogP contribution in [-0.2, 0) is 0 Å². The maximum Gasteiger partial charge on any atom is 0.231 e. The summed E-state index contributed by atoms with van der Waals surface area (Å²) in [6.45, 7) is 0. The Kier molecular flexibility index (Phi) is 6.26. The molecule has 13 aromatic rings. The minimum atomic E-state index is 0.581. The summed E-state index contributed by atoms with van der Waals surface area (Å²) in [5.74, 6) is 0.630. The average molecular weight is 762 g/mol. The first kappa shape index (κ1) is 31.9. The van der Waals surface area contributed by atoms with Crippen LogP contribution in [0.5, 0.6) is 0 Å². The first-order valence-corrected chi connectivity index (χ1v) is 20.5. The van der Waals surface area contributed by atoms with Crippen LogP contribution in [0.2, 0.25) is 0 Å². The van der Waals surface area contributed by atoms with Crippen molar-refractivity contribution in [1.29, 1.82) is 0 Å². The van der Waals surface area contributed by atoms with E-state index >= 15 is 0 Å². The van der Waals surface area contributed by atoms with Crippen LogP contribution in [0.25, 0.3) is 138 Å². The Morgan fingerprint density at radius 1 is 0.333 bits per heavy atom. The van der Waals surface area contributed by atoms with E-state index in [2.05, 4.69) is 180 Å². The Bertz CT molecular complexity index is 3900. The largest absolute Gasteiger partial charge is 0.438 e. The van der Waals surface area contributed by atoms with E-state index in [1.807, 2.05) is 12.1 Å². The van der Waals surface area contributed by atoms with E-state index < -0.39 is 0 Å². The second-order valence-corrected chi connectivity index (χ2v) is 16.0. The highest BCUT2D eigenvalue weighted by atomic mass is 16.3. The number of hydrogen-bond donors (Lipinski definition) is 0. The lowest BCUT2D eigenvalue weighted by Crippen LogP contribution is -1.99. The molecule has 0 aliphatic heterocycles. The molecule has 0 radical (unpaired) electrons. The van der Waals surface area contributed by atoms with E-state index in [1.54, 1.807) is 0 Å². The molecule has 3 aromatic heterocycles. The minimum Gasteiger partial charge on any atom is -0.438 e. The van der Waals surface area contributed by atoms with Crippen LogP contribution in [0.1, 0.15) is 0 Å². The lowest BCUT2D eigenvalue weighted by atomic mass is 9.95. The van der Waals surface area contributed by atoms with Crippen LogP contribution < -0.4 is 0 Å². The molecule has 4 heteroatoms. The summed E-state index contributed by atoms with van der Waals surface area (Å²) in [6, 6.07) is 67.8. The number of fused-ring (bicyclic) bond motifs is 14. The predicted octanol–water partition coefficient (Wildman–Crippen LogP) is 15.1. The normalized spacial score (nSPS) is 12.3. The first-order chi connectivity index (χ1) is 29.8. The van der Waals surface area contributed by atoms with Crippen molar-refractivity contribution in [1.82, 2.24) is 14.5 Å². The third-order valence-corrected chi connectivity index (χ3v) is 13.0. The van der Waals surface area contributed by atoms with E-state index in [1.165, 1.54) is 76.4 Å². The summed E-state index contributed by atoms with van der Waals surface area (Å²) in [7, 11) is 0. The molecule has 0 unspecified atom stereocenters. The van der Waals surface area contributed by atoms with Crippen molar-refractivity contribution in [2.45, 2.75) is 0 Å². The third-order valence-electron chi connectivity index (χ3n) is 13.0. The fraction of sp³-hybridized carbons (Fsp3) is 0. The van der Waals surface area contributed by atoms with Gasteiger partial charge in [-0.15, -0.1) is 0 Å². The molecule has 14 rings (SSSR count). The Morgan fingerprint density at radius 3 is 1.62 bits per heavy atom. The van der Waals surface area contributed by atoms with Gasteiger partial charge in [-0.3, -0.25) is 0 Å². The zero-order valence-electron chi connectivity index (χ0n) is 32.1. The summed E-state index contributed by atoms with van der Waals surface area (Å²) in [5.41, 5.74) is 12.8. The summed E-state index contributed by atoms with van der Waals surface area (Å²) < 4.78 is 9.06. The molecule has 1 aliphatic carbocycles. The fourth-order valence-corrected chi connectivity index (χ4v) is 10.4. The first-order valence-electron chi connectivity index (χ1n) is 20.5. The van der Waals surface area contributed by atoms with Crippen LogP contribution in [-0.4, -0.2) is 14.5 Å². The molecule has 1 aliphatic rings. The molecule has 0 N–H and O–H groups in total. The van der Waals surface area contributed by atoms with Gasteiger partial charge in [-0.05, 0) is 90.3 Å². The maximum atomic E-state index is 6.61. The summed E-state index contributed by atoms with van der Waals surface area (Å²) in [6.07, 6.45) is 0. The number of furan rings is 1. The van der Waals surface area contributed by atoms with E-state index in [9.17, 15) is 0 Å². The van der Waals surface area contributed by atoms with Crippen molar-refractivity contribution in [3.8, 4) is 50.6 Å². The van der Waals surface area contributed by atoms with Crippen LogP contribution in [0, 0.1) is 0 Å². The summed E-state index contributed by atoms with van der Waals surface area (Å²) in [5, 5.41) is 14.1. The number of aromatic nitrogens is 3. The molecule has 0 atom stereocenters. The zero-order chi connectivity index (χ0) is 39.1. The molecule has 4 nitrogen and oxygen atoms in total. The quantitative estimate of drug-likeness (QED) is 0.180. The number of hydrogen-bond acceptors (Lipinski definition) is 3. The minimum absolute atomic E-state index is 0.581. The Labute approximate surface area is 343 Å².